The zero-order chi connectivity index (χ0) is 27.4. The Morgan fingerprint density at radius 2 is 1.28 bits per heavy atom. The number of rotatable bonds is 22. The molecule has 0 aliphatic rings. The first-order chi connectivity index (χ1) is 19.3. The number of para-hydroxylation sites is 2. The highest BCUT2D eigenvalue weighted by atomic mass is 16.1. The Balaban J connectivity index is 1.28. The molecule has 0 unspecified atom stereocenters. The molecule has 1 N–H and O–H groups in total. The molecule has 39 heavy (non-hydrogen) atoms. The SMILES string of the molecule is CCCCCCCCCCCCCCCCn1c(CCCNC(=O)CCc2ccccc2)nc2ccccc21. The van der Waals surface area contributed by atoms with Gasteiger partial charge in [0.15, 0.2) is 0 Å². The maximum atomic E-state index is 12.3. The molecule has 4 nitrogen and oxygen atoms in total. The first-order valence-corrected chi connectivity index (χ1v) is 16.0. The van der Waals surface area contributed by atoms with E-state index in [-0.39, 0.29) is 5.91 Å². The molecule has 1 heterocycles. The van der Waals surface area contributed by atoms with Gasteiger partial charge in [0.05, 0.1) is 11.0 Å². The first-order valence-electron chi connectivity index (χ1n) is 16.0. The van der Waals surface area contributed by atoms with Gasteiger partial charge >= 0.3 is 0 Å². The van der Waals surface area contributed by atoms with Gasteiger partial charge in [0.25, 0.3) is 0 Å². The zero-order valence-electron chi connectivity index (χ0n) is 24.6. The predicted molar refractivity (Wildman–Crippen MR) is 166 cm³/mol. The van der Waals surface area contributed by atoms with Gasteiger partial charge in [0.1, 0.15) is 5.82 Å². The van der Waals surface area contributed by atoms with Crippen molar-refractivity contribution in [2.24, 2.45) is 0 Å². The van der Waals surface area contributed by atoms with Crippen LogP contribution in [0.15, 0.2) is 54.6 Å². The Kier molecular flexibility index (Phi) is 15.4. The van der Waals surface area contributed by atoms with Crippen LogP contribution in [0, 0.1) is 0 Å². The van der Waals surface area contributed by atoms with Crippen molar-refractivity contribution in [1.82, 2.24) is 14.9 Å². The van der Waals surface area contributed by atoms with Gasteiger partial charge in [-0.05, 0) is 37.0 Å². The van der Waals surface area contributed by atoms with Crippen LogP contribution in [-0.2, 0) is 24.2 Å². The lowest BCUT2D eigenvalue weighted by atomic mass is 10.0. The summed E-state index contributed by atoms with van der Waals surface area (Å²) in [4.78, 5) is 17.2. The van der Waals surface area contributed by atoms with Gasteiger partial charge in [0.2, 0.25) is 5.91 Å². The van der Waals surface area contributed by atoms with Crippen LogP contribution in [0.4, 0.5) is 0 Å². The van der Waals surface area contributed by atoms with Crippen LogP contribution < -0.4 is 5.32 Å². The molecule has 0 aliphatic heterocycles. The molecule has 0 radical (unpaired) electrons. The van der Waals surface area contributed by atoms with Crippen LogP contribution >= 0.6 is 0 Å². The standard InChI is InChI=1S/C35H53N3O/c1-2-3-4-5-6-7-8-9-10-11-12-13-14-20-30-38-33-25-19-18-24-32(33)37-34(38)26-21-29-36-35(39)28-27-31-22-16-15-17-23-31/h15-19,22-25H,2-14,20-21,26-30H2,1H3,(H,36,39). The van der Waals surface area contributed by atoms with Crippen molar-refractivity contribution in [3.8, 4) is 0 Å². The van der Waals surface area contributed by atoms with Crippen molar-refractivity contribution < 1.29 is 4.79 Å². The number of nitrogens with zero attached hydrogens (tertiary/aromatic N) is 2. The molecule has 0 spiro atoms. The second kappa shape index (κ2) is 19.4. The van der Waals surface area contributed by atoms with E-state index in [1.165, 1.54) is 101 Å². The monoisotopic (exact) mass is 531 g/mol. The van der Waals surface area contributed by atoms with Gasteiger partial charge in [-0.2, -0.15) is 0 Å². The topological polar surface area (TPSA) is 46.9 Å². The summed E-state index contributed by atoms with van der Waals surface area (Å²) in [6.45, 7) is 4.03. The second-order valence-corrected chi connectivity index (χ2v) is 11.2. The fourth-order valence-electron chi connectivity index (χ4n) is 5.50. The molecule has 0 fully saturated rings. The molecule has 214 valence electrons. The van der Waals surface area contributed by atoms with Gasteiger partial charge in [-0.15, -0.1) is 0 Å². The van der Waals surface area contributed by atoms with E-state index < -0.39 is 0 Å². The number of aromatic nitrogens is 2. The molecule has 2 aromatic carbocycles. The molecular formula is C35H53N3O. The third-order valence-electron chi connectivity index (χ3n) is 7.85. The van der Waals surface area contributed by atoms with Gasteiger partial charge in [-0.3, -0.25) is 4.79 Å². The Labute approximate surface area is 238 Å². The van der Waals surface area contributed by atoms with E-state index in [1.807, 2.05) is 18.2 Å². The summed E-state index contributed by atoms with van der Waals surface area (Å²) in [5.74, 6) is 1.29. The van der Waals surface area contributed by atoms with Crippen molar-refractivity contribution >= 4 is 16.9 Å². The van der Waals surface area contributed by atoms with E-state index in [2.05, 4.69) is 53.2 Å². The molecule has 3 aromatic rings. The molecule has 4 heteroatoms. The highest BCUT2D eigenvalue weighted by Crippen LogP contribution is 2.19. The molecule has 0 aliphatic carbocycles. The fraction of sp³-hybridized carbons (Fsp3) is 0.600. The highest BCUT2D eigenvalue weighted by Gasteiger charge is 2.10. The molecule has 1 aromatic heterocycles. The van der Waals surface area contributed by atoms with Crippen LogP contribution in [-0.4, -0.2) is 22.0 Å². The van der Waals surface area contributed by atoms with Crippen molar-refractivity contribution in [1.29, 1.82) is 0 Å². The Morgan fingerprint density at radius 1 is 0.692 bits per heavy atom. The largest absolute Gasteiger partial charge is 0.356 e. The van der Waals surface area contributed by atoms with Crippen LogP contribution in [0.5, 0.6) is 0 Å². The normalized spacial score (nSPS) is 11.3. The summed E-state index contributed by atoms with van der Waals surface area (Å²) >= 11 is 0. The van der Waals surface area contributed by atoms with Gasteiger partial charge < -0.3 is 9.88 Å². The molecule has 3 rings (SSSR count). The predicted octanol–water partition coefficient (Wildman–Crippen LogP) is 9.20. The Bertz CT molecular complexity index is 1040. The summed E-state index contributed by atoms with van der Waals surface area (Å²) < 4.78 is 2.42. The summed E-state index contributed by atoms with van der Waals surface area (Å²) in [6, 6.07) is 18.7. The highest BCUT2D eigenvalue weighted by molar-refractivity contribution is 5.76. The third kappa shape index (κ3) is 12.4. The smallest absolute Gasteiger partial charge is 0.220 e. The number of hydrogen-bond donors (Lipinski definition) is 1. The number of hydrogen-bond acceptors (Lipinski definition) is 2. The summed E-state index contributed by atoms with van der Waals surface area (Å²) in [5, 5.41) is 3.10. The summed E-state index contributed by atoms with van der Waals surface area (Å²) in [5.41, 5.74) is 3.55. The van der Waals surface area contributed by atoms with Crippen molar-refractivity contribution in [2.45, 2.75) is 129 Å². The fourth-order valence-corrected chi connectivity index (χ4v) is 5.50. The lowest BCUT2D eigenvalue weighted by Crippen LogP contribution is -2.25. The molecular weight excluding hydrogens is 478 g/mol. The molecule has 0 atom stereocenters. The van der Waals surface area contributed by atoms with Crippen LogP contribution in [0.1, 0.15) is 121 Å². The molecule has 0 bridgehead atoms. The first kappa shape index (κ1) is 30.9. The number of nitrogens with one attached hydrogen (secondary N) is 1. The average Bonchev–Trinajstić information content (AvgIpc) is 3.32. The van der Waals surface area contributed by atoms with Crippen LogP contribution in [0.25, 0.3) is 11.0 Å². The van der Waals surface area contributed by atoms with E-state index >= 15 is 0 Å². The molecule has 0 saturated carbocycles. The zero-order valence-corrected chi connectivity index (χ0v) is 24.6. The van der Waals surface area contributed by atoms with E-state index in [9.17, 15) is 4.79 Å². The maximum Gasteiger partial charge on any atom is 0.220 e. The quantitative estimate of drug-likeness (QED) is 0.131. The third-order valence-corrected chi connectivity index (χ3v) is 7.85. The number of aryl methyl sites for hydroxylation is 3. The minimum Gasteiger partial charge on any atom is -0.356 e. The summed E-state index contributed by atoms with van der Waals surface area (Å²) in [6.07, 6.45) is 22.5. The average molecular weight is 532 g/mol. The Morgan fingerprint density at radius 3 is 1.95 bits per heavy atom. The van der Waals surface area contributed by atoms with Gasteiger partial charge in [-0.1, -0.05) is 133 Å². The van der Waals surface area contributed by atoms with E-state index in [4.69, 9.17) is 4.98 Å². The van der Waals surface area contributed by atoms with Crippen molar-refractivity contribution in [2.75, 3.05) is 6.54 Å². The van der Waals surface area contributed by atoms with Gasteiger partial charge in [-0.25, -0.2) is 4.98 Å². The minimum absolute atomic E-state index is 0.134. The molecule has 0 saturated heterocycles. The van der Waals surface area contributed by atoms with E-state index in [0.29, 0.717) is 13.0 Å². The molecule has 1 amide bonds. The van der Waals surface area contributed by atoms with E-state index in [1.54, 1.807) is 0 Å². The lowest BCUT2D eigenvalue weighted by molar-refractivity contribution is -0.121. The second-order valence-electron chi connectivity index (χ2n) is 11.2. The summed E-state index contributed by atoms with van der Waals surface area (Å²) in [7, 11) is 0. The lowest BCUT2D eigenvalue weighted by Gasteiger charge is -2.10. The van der Waals surface area contributed by atoms with Crippen molar-refractivity contribution in [3.63, 3.8) is 0 Å². The number of amides is 1. The Hall–Kier alpha value is -2.62. The number of fused-ring (bicyclic) bond motifs is 1. The minimum atomic E-state index is 0.134. The number of benzene rings is 2. The maximum absolute atomic E-state index is 12.3. The van der Waals surface area contributed by atoms with Crippen molar-refractivity contribution in [3.05, 3.63) is 66.0 Å². The number of imidazole rings is 1. The van der Waals surface area contributed by atoms with Crippen LogP contribution in [0.2, 0.25) is 0 Å². The van der Waals surface area contributed by atoms with Gasteiger partial charge in [0, 0.05) is 25.9 Å². The van der Waals surface area contributed by atoms with E-state index in [0.717, 1.165) is 37.1 Å². The number of carbonyl (C=O) groups excluding carboxylic acids is 1. The number of unbranched alkanes of at least 4 members (excludes halogenated alkanes) is 13. The van der Waals surface area contributed by atoms with Crippen LogP contribution in [0.3, 0.4) is 0 Å². The number of carbonyl (C=O) groups is 1.